The van der Waals surface area contributed by atoms with E-state index < -0.39 is 5.54 Å². The van der Waals surface area contributed by atoms with Crippen molar-refractivity contribution in [2.45, 2.75) is 33.2 Å². The van der Waals surface area contributed by atoms with E-state index >= 15 is 0 Å². The topological polar surface area (TPSA) is 80.9 Å². The first-order chi connectivity index (χ1) is 7.35. The fraction of sp³-hybridized carbons (Fsp3) is 0.545. The van der Waals surface area contributed by atoms with Gasteiger partial charge in [0.15, 0.2) is 0 Å². The average molecular weight is 222 g/mol. The molecule has 0 bridgehead atoms. The highest BCUT2D eigenvalue weighted by molar-refractivity contribution is 5.95. The van der Waals surface area contributed by atoms with Gasteiger partial charge < -0.3 is 11.1 Å². The molecule has 0 aromatic carbocycles. The molecule has 0 unspecified atom stereocenters. The number of rotatable bonds is 3. The molecule has 16 heavy (non-hydrogen) atoms. The monoisotopic (exact) mass is 222 g/mol. The van der Waals surface area contributed by atoms with Crippen LogP contribution in [0.15, 0.2) is 6.07 Å². The summed E-state index contributed by atoms with van der Waals surface area (Å²) in [6, 6.07) is 1.73. The van der Waals surface area contributed by atoms with Gasteiger partial charge in [-0.3, -0.25) is 4.79 Å². The van der Waals surface area contributed by atoms with Gasteiger partial charge in [0, 0.05) is 12.1 Å². The lowest BCUT2D eigenvalue weighted by atomic mass is 10.0. The van der Waals surface area contributed by atoms with Gasteiger partial charge in [-0.15, -0.1) is 0 Å². The molecule has 3 N–H and O–H groups in total. The molecule has 1 aromatic heterocycles. The van der Waals surface area contributed by atoms with E-state index in [1.54, 1.807) is 19.9 Å². The Morgan fingerprint density at radius 3 is 2.62 bits per heavy atom. The van der Waals surface area contributed by atoms with Gasteiger partial charge in [-0.2, -0.15) is 10.2 Å². The van der Waals surface area contributed by atoms with Crippen LogP contribution in [-0.4, -0.2) is 28.2 Å². The molecule has 0 saturated carbocycles. The molecule has 0 radical (unpaired) electrons. The van der Waals surface area contributed by atoms with E-state index in [2.05, 4.69) is 15.5 Å². The van der Waals surface area contributed by atoms with Gasteiger partial charge in [-0.05, 0) is 33.8 Å². The molecular weight excluding hydrogens is 204 g/mol. The Morgan fingerprint density at radius 2 is 2.06 bits per heavy atom. The van der Waals surface area contributed by atoms with E-state index in [4.69, 9.17) is 5.73 Å². The normalized spacial score (nSPS) is 11.3. The van der Waals surface area contributed by atoms with Gasteiger partial charge in [0.1, 0.15) is 0 Å². The minimum Gasteiger partial charge on any atom is -0.346 e. The molecule has 0 spiro atoms. The summed E-state index contributed by atoms with van der Waals surface area (Å²) >= 11 is 0. The van der Waals surface area contributed by atoms with E-state index in [9.17, 15) is 4.79 Å². The lowest BCUT2D eigenvalue weighted by Crippen LogP contribution is -2.49. The maximum atomic E-state index is 12.0. The standard InChI is InChI=1S/C11H18N4O/c1-7-5-9(8(2)15-14-7)10(16)13-11(3,4)6-12/h5H,6,12H2,1-4H3,(H,13,16). The first kappa shape index (κ1) is 12.6. The second-order valence-electron chi connectivity index (χ2n) is 4.53. The Labute approximate surface area is 95.4 Å². The van der Waals surface area contributed by atoms with Gasteiger partial charge in [0.25, 0.3) is 5.91 Å². The summed E-state index contributed by atoms with van der Waals surface area (Å²) in [5, 5.41) is 10.7. The summed E-state index contributed by atoms with van der Waals surface area (Å²) in [6.45, 7) is 7.70. The summed E-state index contributed by atoms with van der Waals surface area (Å²) in [5.41, 5.74) is 7.04. The number of hydrogen-bond donors (Lipinski definition) is 2. The van der Waals surface area contributed by atoms with Gasteiger partial charge in [0.05, 0.1) is 17.0 Å². The number of carbonyl (C=O) groups is 1. The van der Waals surface area contributed by atoms with Crippen molar-refractivity contribution in [1.82, 2.24) is 15.5 Å². The number of aromatic nitrogens is 2. The Kier molecular flexibility index (Phi) is 3.59. The minimum atomic E-state index is -0.416. The largest absolute Gasteiger partial charge is 0.346 e. The summed E-state index contributed by atoms with van der Waals surface area (Å²) in [7, 11) is 0. The van der Waals surface area contributed by atoms with E-state index in [1.165, 1.54) is 0 Å². The molecule has 5 heteroatoms. The maximum Gasteiger partial charge on any atom is 0.253 e. The molecule has 88 valence electrons. The first-order valence-corrected chi connectivity index (χ1v) is 5.19. The van der Waals surface area contributed by atoms with Crippen molar-refractivity contribution in [3.8, 4) is 0 Å². The quantitative estimate of drug-likeness (QED) is 0.783. The lowest BCUT2D eigenvalue weighted by molar-refractivity contribution is 0.0914. The Balaban J connectivity index is 2.93. The summed E-state index contributed by atoms with van der Waals surface area (Å²) < 4.78 is 0. The van der Waals surface area contributed by atoms with Crippen LogP contribution in [0.2, 0.25) is 0 Å². The smallest absolute Gasteiger partial charge is 0.253 e. The second-order valence-corrected chi connectivity index (χ2v) is 4.53. The number of aryl methyl sites for hydroxylation is 2. The van der Waals surface area contributed by atoms with Crippen molar-refractivity contribution in [2.24, 2.45) is 5.73 Å². The molecule has 1 rings (SSSR count). The predicted octanol–water partition coefficient (Wildman–Crippen LogP) is 0.561. The summed E-state index contributed by atoms with van der Waals surface area (Å²) in [5.74, 6) is -0.161. The van der Waals surface area contributed by atoms with Crippen LogP contribution in [-0.2, 0) is 0 Å². The predicted molar refractivity (Wildman–Crippen MR) is 62.1 cm³/mol. The molecule has 0 atom stereocenters. The molecule has 1 amide bonds. The van der Waals surface area contributed by atoms with Gasteiger partial charge >= 0.3 is 0 Å². The molecule has 0 aliphatic carbocycles. The molecule has 1 heterocycles. The second kappa shape index (κ2) is 4.57. The number of nitrogens with zero attached hydrogens (tertiary/aromatic N) is 2. The minimum absolute atomic E-state index is 0.161. The maximum absolute atomic E-state index is 12.0. The number of amides is 1. The number of nitrogens with one attached hydrogen (secondary N) is 1. The van der Waals surface area contributed by atoms with Gasteiger partial charge in [-0.25, -0.2) is 0 Å². The van der Waals surface area contributed by atoms with Crippen molar-refractivity contribution in [3.63, 3.8) is 0 Å². The van der Waals surface area contributed by atoms with Crippen molar-refractivity contribution < 1.29 is 4.79 Å². The van der Waals surface area contributed by atoms with Crippen molar-refractivity contribution >= 4 is 5.91 Å². The summed E-state index contributed by atoms with van der Waals surface area (Å²) in [6.07, 6.45) is 0. The van der Waals surface area contributed by atoms with Crippen LogP contribution in [0.5, 0.6) is 0 Å². The number of hydrogen-bond acceptors (Lipinski definition) is 4. The zero-order valence-electron chi connectivity index (χ0n) is 10.2. The third-order valence-corrected chi connectivity index (χ3v) is 2.31. The van der Waals surface area contributed by atoms with Crippen LogP contribution in [0.25, 0.3) is 0 Å². The molecule has 5 nitrogen and oxygen atoms in total. The van der Waals surface area contributed by atoms with Crippen LogP contribution in [0.1, 0.15) is 35.6 Å². The van der Waals surface area contributed by atoms with Crippen LogP contribution < -0.4 is 11.1 Å². The summed E-state index contributed by atoms with van der Waals surface area (Å²) in [4.78, 5) is 12.0. The fourth-order valence-corrected chi connectivity index (χ4v) is 1.21. The zero-order chi connectivity index (χ0) is 12.3. The third-order valence-electron chi connectivity index (χ3n) is 2.31. The van der Waals surface area contributed by atoms with E-state index in [0.29, 0.717) is 17.8 Å². The number of nitrogens with two attached hydrogens (primary N) is 1. The van der Waals surface area contributed by atoms with Gasteiger partial charge in [-0.1, -0.05) is 0 Å². The molecule has 1 aromatic rings. The Morgan fingerprint density at radius 1 is 1.44 bits per heavy atom. The molecule has 0 aliphatic heterocycles. The van der Waals surface area contributed by atoms with E-state index in [-0.39, 0.29) is 5.91 Å². The highest BCUT2D eigenvalue weighted by Gasteiger charge is 2.20. The van der Waals surface area contributed by atoms with Gasteiger partial charge in [0.2, 0.25) is 0 Å². The van der Waals surface area contributed by atoms with Crippen molar-refractivity contribution in [3.05, 3.63) is 23.0 Å². The first-order valence-electron chi connectivity index (χ1n) is 5.19. The lowest BCUT2D eigenvalue weighted by Gasteiger charge is -2.24. The SMILES string of the molecule is Cc1cc(C(=O)NC(C)(C)CN)c(C)nn1. The molecular formula is C11H18N4O. The van der Waals surface area contributed by atoms with Crippen LogP contribution in [0, 0.1) is 13.8 Å². The average Bonchev–Trinajstić information content (AvgIpc) is 2.21. The Hall–Kier alpha value is -1.49. The van der Waals surface area contributed by atoms with Crippen LogP contribution in [0.4, 0.5) is 0 Å². The highest BCUT2D eigenvalue weighted by Crippen LogP contribution is 2.08. The van der Waals surface area contributed by atoms with Crippen LogP contribution in [0.3, 0.4) is 0 Å². The van der Waals surface area contributed by atoms with E-state index in [0.717, 1.165) is 5.69 Å². The molecule has 0 fully saturated rings. The van der Waals surface area contributed by atoms with Crippen molar-refractivity contribution in [2.75, 3.05) is 6.54 Å². The zero-order valence-corrected chi connectivity index (χ0v) is 10.2. The molecule has 0 aliphatic rings. The fourth-order valence-electron chi connectivity index (χ4n) is 1.21. The van der Waals surface area contributed by atoms with Crippen molar-refractivity contribution in [1.29, 1.82) is 0 Å². The molecule has 0 saturated heterocycles. The third kappa shape index (κ3) is 3.00. The Bertz CT molecular complexity index is 401. The van der Waals surface area contributed by atoms with Crippen LogP contribution >= 0.6 is 0 Å². The highest BCUT2D eigenvalue weighted by atomic mass is 16.1. The van der Waals surface area contributed by atoms with E-state index in [1.807, 2.05) is 13.8 Å². The number of carbonyl (C=O) groups excluding carboxylic acids is 1.